The number of hydrogen-bond acceptors (Lipinski definition) is 8. The van der Waals surface area contributed by atoms with Gasteiger partial charge in [0, 0.05) is 37.3 Å². The number of carbonyl (C=O) groups excluding carboxylic acids is 4. The van der Waals surface area contributed by atoms with Gasteiger partial charge in [0.2, 0.25) is 5.91 Å². The average molecular weight is 548 g/mol. The highest BCUT2D eigenvalue weighted by Crippen LogP contribution is 2.37. The van der Waals surface area contributed by atoms with Crippen molar-refractivity contribution in [2.24, 2.45) is 0 Å². The molecule has 2 N–H and O–H groups in total. The molecule has 2 aliphatic heterocycles. The number of hydrogen-bond donors (Lipinski definition) is 2. The Morgan fingerprint density at radius 2 is 1.95 bits per heavy atom. The van der Waals surface area contributed by atoms with Gasteiger partial charge in [-0.25, -0.2) is 0 Å². The molecule has 3 heterocycles. The number of benzene rings is 2. The van der Waals surface area contributed by atoms with Crippen LogP contribution in [0.5, 0.6) is 5.75 Å². The molecule has 0 bridgehead atoms. The van der Waals surface area contributed by atoms with E-state index in [1.165, 1.54) is 0 Å². The normalized spacial score (nSPS) is 17.6. The van der Waals surface area contributed by atoms with Gasteiger partial charge in [-0.2, -0.15) is 9.59 Å². The largest absolute Gasteiger partial charge is 0.493 e. The predicted octanol–water partition coefficient (Wildman–Crippen LogP) is 4.15. The lowest BCUT2D eigenvalue weighted by atomic mass is 10.1. The third-order valence-electron chi connectivity index (χ3n) is 7.18. The Hall–Kier alpha value is -4.40. The van der Waals surface area contributed by atoms with E-state index in [0.29, 0.717) is 48.7 Å². The number of carbonyl (C=O) groups is 2. The van der Waals surface area contributed by atoms with Crippen molar-refractivity contribution in [1.82, 2.24) is 4.90 Å². The fraction of sp³-hybridized carbons (Fsp3) is 0.367. The van der Waals surface area contributed by atoms with Crippen LogP contribution in [-0.4, -0.2) is 60.4 Å². The molecule has 10 nitrogen and oxygen atoms in total. The molecule has 3 aromatic rings. The van der Waals surface area contributed by atoms with Crippen molar-refractivity contribution in [2.45, 2.75) is 51.8 Å². The lowest BCUT2D eigenvalue weighted by Crippen LogP contribution is -2.47. The van der Waals surface area contributed by atoms with E-state index >= 15 is 0 Å². The van der Waals surface area contributed by atoms with Gasteiger partial charge in [-0.05, 0) is 69.0 Å². The molecule has 40 heavy (non-hydrogen) atoms. The predicted molar refractivity (Wildman–Crippen MR) is 147 cm³/mol. The number of aryl methyl sites for hydroxylation is 2. The van der Waals surface area contributed by atoms with Crippen molar-refractivity contribution < 1.29 is 33.4 Å². The summed E-state index contributed by atoms with van der Waals surface area (Å²) in [6.07, 6.45) is 2.03. The van der Waals surface area contributed by atoms with Crippen LogP contribution in [0.1, 0.15) is 47.4 Å². The summed E-state index contributed by atoms with van der Waals surface area (Å²) in [5, 5.41) is 13.8. The molecule has 0 radical (unpaired) electrons. The van der Waals surface area contributed by atoms with E-state index in [-0.39, 0.29) is 24.0 Å². The molecule has 0 saturated carbocycles. The fourth-order valence-electron chi connectivity index (χ4n) is 5.18. The smallest absolute Gasteiger partial charge is 0.373 e. The van der Waals surface area contributed by atoms with Crippen molar-refractivity contribution in [3.05, 3.63) is 65.4 Å². The van der Waals surface area contributed by atoms with E-state index < -0.39 is 6.23 Å². The third-order valence-corrected chi connectivity index (χ3v) is 7.18. The highest BCUT2D eigenvalue weighted by atomic mass is 16.5. The van der Waals surface area contributed by atoms with Crippen LogP contribution in [0.25, 0.3) is 11.3 Å². The van der Waals surface area contributed by atoms with Crippen LogP contribution in [0.2, 0.25) is 0 Å². The SMILES string of the molecule is Cc1ccc(-c2cccc(NC(=O)CCCOc3cc4c(cc3C)C(=O)N3CCC[C@H]3C(O)N4C)c2)o1.O=C=O. The maximum absolute atomic E-state index is 13.2. The number of aliphatic hydroxyl groups is 1. The maximum atomic E-state index is 13.2. The summed E-state index contributed by atoms with van der Waals surface area (Å²) in [6.45, 7) is 4.83. The highest BCUT2D eigenvalue weighted by molar-refractivity contribution is 6.01. The van der Waals surface area contributed by atoms with E-state index in [4.69, 9.17) is 18.7 Å². The summed E-state index contributed by atoms with van der Waals surface area (Å²) in [5.74, 6) is 2.11. The molecule has 1 saturated heterocycles. The first-order valence-electron chi connectivity index (χ1n) is 13.2. The number of furan rings is 1. The van der Waals surface area contributed by atoms with Crippen LogP contribution in [-0.2, 0) is 14.4 Å². The van der Waals surface area contributed by atoms with Crippen LogP contribution < -0.4 is 15.0 Å². The standard InChI is InChI=1S/C29H33N3O5.CO2/c1-18-15-22-24(31(3)29(35)23-9-5-13-32(23)28(22)34)17-26(18)36-14-6-10-27(33)30-21-8-4-7-20(16-21)25-12-11-19(2)37-25;2-1-3/h4,7-8,11-12,15-17,23,29,35H,5-6,9-10,13-14H2,1-3H3,(H,30,33);/t23-,29?;/m0./s1. The number of aliphatic hydroxyl groups excluding tert-OH is 1. The topological polar surface area (TPSA) is 129 Å². The van der Waals surface area contributed by atoms with Gasteiger partial charge in [0.05, 0.1) is 23.9 Å². The Balaban J connectivity index is 0.00000118. The zero-order valence-electron chi connectivity index (χ0n) is 22.8. The number of fused-ring (bicyclic) bond motifs is 2. The second kappa shape index (κ2) is 12.6. The zero-order valence-corrected chi connectivity index (χ0v) is 22.8. The molecule has 1 unspecified atom stereocenters. The van der Waals surface area contributed by atoms with E-state index in [2.05, 4.69) is 5.32 Å². The molecule has 2 aliphatic rings. The first-order chi connectivity index (χ1) is 19.2. The van der Waals surface area contributed by atoms with Crippen LogP contribution in [0.4, 0.5) is 11.4 Å². The number of nitrogens with zero attached hydrogens (tertiary/aromatic N) is 2. The molecule has 0 spiro atoms. The minimum Gasteiger partial charge on any atom is -0.493 e. The number of anilines is 2. The lowest BCUT2D eigenvalue weighted by molar-refractivity contribution is -0.191. The third kappa shape index (κ3) is 6.25. The summed E-state index contributed by atoms with van der Waals surface area (Å²) in [7, 11) is 1.81. The Morgan fingerprint density at radius 1 is 1.18 bits per heavy atom. The van der Waals surface area contributed by atoms with Crippen molar-refractivity contribution in [3.8, 4) is 17.1 Å². The van der Waals surface area contributed by atoms with Gasteiger partial charge in [-0.3, -0.25) is 9.59 Å². The zero-order chi connectivity index (χ0) is 28.8. The van der Waals surface area contributed by atoms with Crippen LogP contribution in [0, 0.1) is 13.8 Å². The van der Waals surface area contributed by atoms with Gasteiger partial charge in [-0.1, -0.05) is 12.1 Å². The number of amides is 2. The molecule has 2 aromatic carbocycles. The summed E-state index contributed by atoms with van der Waals surface area (Å²) >= 11 is 0. The lowest BCUT2D eigenvalue weighted by Gasteiger charge is -2.31. The van der Waals surface area contributed by atoms with E-state index in [9.17, 15) is 14.7 Å². The molecule has 2 amide bonds. The fourth-order valence-corrected chi connectivity index (χ4v) is 5.18. The minimum absolute atomic E-state index is 0.0431. The molecular formula is C30H33N3O7. The van der Waals surface area contributed by atoms with Gasteiger partial charge in [0.15, 0.2) is 0 Å². The number of ether oxygens (including phenoxy) is 1. The van der Waals surface area contributed by atoms with E-state index in [1.807, 2.05) is 69.4 Å². The van der Waals surface area contributed by atoms with Crippen LogP contribution in [0.3, 0.4) is 0 Å². The molecule has 1 aromatic heterocycles. The molecule has 210 valence electrons. The monoisotopic (exact) mass is 547 g/mol. The summed E-state index contributed by atoms with van der Waals surface area (Å²) in [5.41, 5.74) is 3.72. The number of rotatable bonds is 7. The van der Waals surface area contributed by atoms with Gasteiger partial charge >= 0.3 is 6.15 Å². The van der Waals surface area contributed by atoms with Crippen molar-refractivity contribution in [2.75, 3.05) is 30.4 Å². The molecule has 10 heteroatoms. The van der Waals surface area contributed by atoms with Crippen LogP contribution >= 0.6 is 0 Å². The summed E-state index contributed by atoms with van der Waals surface area (Å²) in [6, 6.07) is 14.9. The highest BCUT2D eigenvalue weighted by Gasteiger charge is 2.41. The summed E-state index contributed by atoms with van der Waals surface area (Å²) < 4.78 is 11.7. The van der Waals surface area contributed by atoms with Gasteiger partial charge in [0.1, 0.15) is 23.5 Å². The van der Waals surface area contributed by atoms with Crippen LogP contribution in [0.15, 0.2) is 52.9 Å². The molecule has 2 atom stereocenters. The molecule has 5 rings (SSSR count). The first-order valence-corrected chi connectivity index (χ1v) is 13.2. The molecule has 1 fully saturated rings. The maximum Gasteiger partial charge on any atom is 0.373 e. The first kappa shape index (κ1) is 28.6. The molecule has 0 aliphatic carbocycles. The molecular weight excluding hydrogens is 514 g/mol. The van der Waals surface area contributed by atoms with Crippen molar-refractivity contribution in [3.63, 3.8) is 0 Å². The van der Waals surface area contributed by atoms with E-state index in [0.717, 1.165) is 35.5 Å². The second-order valence-corrected chi connectivity index (χ2v) is 9.94. The second-order valence-electron chi connectivity index (χ2n) is 9.94. The van der Waals surface area contributed by atoms with Gasteiger partial charge < -0.3 is 29.4 Å². The quantitative estimate of drug-likeness (QED) is 0.422. The van der Waals surface area contributed by atoms with Crippen molar-refractivity contribution in [1.29, 1.82) is 0 Å². The van der Waals surface area contributed by atoms with E-state index in [1.54, 1.807) is 9.80 Å². The minimum atomic E-state index is -0.762. The van der Waals surface area contributed by atoms with Crippen molar-refractivity contribution >= 4 is 29.3 Å². The Labute approximate surface area is 232 Å². The Kier molecular flexibility index (Phi) is 9.04. The average Bonchev–Trinajstić information content (AvgIpc) is 3.59. The Bertz CT molecular complexity index is 1410. The summed E-state index contributed by atoms with van der Waals surface area (Å²) in [4.78, 5) is 45.5. The van der Waals surface area contributed by atoms with Gasteiger partial charge in [-0.15, -0.1) is 0 Å². The number of nitrogens with one attached hydrogen (secondary N) is 1. The van der Waals surface area contributed by atoms with Gasteiger partial charge in [0.25, 0.3) is 5.91 Å². The Morgan fingerprint density at radius 3 is 2.67 bits per heavy atom. The number of likely N-dealkylation sites (N-methyl/N-ethyl adjacent to an activating group) is 1.